The molecule has 0 amide bonds. The number of ether oxygens (including phenoxy) is 4. The Labute approximate surface area is 420 Å². The Hall–Kier alpha value is -2.49. The van der Waals surface area contributed by atoms with Gasteiger partial charge in [-0.1, -0.05) is 237 Å². The van der Waals surface area contributed by atoms with Crippen LogP contribution in [0.4, 0.5) is 0 Å². The monoisotopic (exact) mass is 961 g/mol. The highest BCUT2D eigenvalue weighted by Crippen LogP contribution is 2.17. The zero-order valence-electron chi connectivity index (χ0n) is 45.3. The smallest absolute Gasteiger partial charge is 0.361 e. The van der Waals surface area contributed by atoms with E-state index in [0.717, 1.165) is 51.4 Å². The number of hydrogen-bond acceptors (Lipinski definition) is 7. The van der Waals surface area contributed by atoms with Gasteiger partial charge in [0, 0.05) is 12.8 Å². The number of aliphatic carboxylic acids is 1. The summed E-state index contributed by atoms with van der Waals surface area (Å²) in [6.07, 6.45) is 58.0. The van der Waals surface area contributed by atoms with E-state index in [0.29, 0.717) is 17.4 Å². The summed E-state index contributed by atoms with van der Waals surface area (Å²) >= 11 is 0. The van der Waals surface area contributed by atoms with E-state index in [-0.39, 0.29) is 32.2 Å². The number of hydrogen-bond donors (Lipinski definition) is 1. The molecule has 2 atom stereocenters. The molecule has 2 unspecified atom stereocenters. The van der Waals surface area contributed by atoms with Crippen molar-refractivity contribution in [1.82, 2.24) is 0 Å². The molecule has 0 aromatic carbocycles. The molecular formula is C59H110NO8+. The van der Waals surface area contributed by atoms with Gasteiger partial charge in [0.25, 0.3) is 6.29 Å². The SMILES string of the molecule is CCCCCCC/C=C\C/C=C\C/C=C\CCCCCCCCCCCCCCCCCCC(=O)OC(COC(=O)CCCCCCCCCCCCCC)COC(OCC[N+](C)(C)C)C(=O)O. The first-order chi connectivity index (χ1) is 33.1. The number of allylic oxidation sites excluding steroid dienone is 6. The Morgan fingerprint density at radius 2 is 0.794 bits per heavy atom. The van der Waals surface area contributed by atoms with E-state index < -0.39 is 24.3 Å². The van der Waals surface area contributed by atoms with E-state index in [1.807, 2.05) is 21.1 Å². The lowest BCUT2D eigenvalue weighted by Gasteiger charge is -2.25. The number of carbonyl (C=O) groups is 3. The Bertz CT molecular complexity index is 1210. The van der Waals surface area contributed by atoms with Gasteiger partial charge >= 0.3 is 17.9 Å². The molecule has 9 heteroatoms. The first kappa shape index (κ1) is 65.5. The quantitative estimate of drug-likeness (QED) is 0.0211. The van der Waals surface area contributed by atoms with Crippen molar-refractivity contribution in [3.63, 3.8) is 0 Å². The molecule has 0 saturated heterocycles. The topological polar surface area (TPSA) is 108 Å². The van der Waals surface area contributed by atoms with E-state index in [4.69, 9.17) is 18.9 Å². The summed E-state index contributed by atoms with van der Waals surface area (Å²) < 4.78 is 22.8. The first-order valence-electron chi connectivity index (χ1n) is 28.7. The minimum Gasteiger partial charge on any atom is -0.477 e. The summed E-state index contributed by atoms with van der Waals surface area (Å²) in [4.78, 5) is 37.3. The molecule has 0 aliphatic heterocycles. The molecule has 0 aromatic heterocycles. The second kappa shape index (κ2) is 50.9. The van der Waals surface area contributed by atoms with Crippen LogP contribution in [0.1, 0.15) is 264 Å². The second-order valence-corrected chi connectivity index (χ2v) is 20.6. The highest BCUT2D eigenvalue weighted by molar-refractivity contribution is 5.71. The maximum Gasteiger partial charge on any atom is 0.361 e. The predicted molar refractivity (Wildman–Crippen MR) is 286 cm³/mol. The Kier molecular flexibility index (Phi) is 49.0. The molecule has 0 rings (SSSR count). The lowest BCUT2D eigenvalue weighted by molar-refractivity contribution is -0.870. The number of rotatable bonds is 53. The van der Waals surface area contributed by atoms with Crippen LogP contribution in [0, 0.1) is 0 Å². The third kappa shape index (κ3) is 51.4. The number of quaternary nitrogens is 1. The molecule has 68 heavy (non-hydrogen) atoms. The molecule has 0 aliphatic carbocycles. The van der Waals surface area contributed by atoms with Gasteiger partial charge in [-0.2, -0.15) is 0 Å². The summed E-state index contributed by atoms with van der Waals surface area (Å²) in [5, 5.41) is 9.68. The maximum absolute atomic E-state index is 12.8. The number of unbranched alkanes of at least 4 members (excludes halogenated alkanes) is 32. The van der Waals surface area contributed by atoms with Gasteiger partial charge in [0.15, 0.2) is 6.10 Å². The van der Waals surface area contributed by atoms with Crippen molar-refractivity contribution in [3.05, 3.63) is 36.5 Å². The minimum absolute atomic E-state index is 0.177. The van der Waals surface area contributed by atoms with Crippen molar-refractivity contribution < 1.29 is 42.9 Å². The third-order valence-corrected chi connectivity index (χ3v) is 12.6. The highest BCUT2D eigenvalue weighted by Gasteiger charge is 2.25. The third-order valence-electron chi connectivity index (χ3n) is 12.6. The molecule has 0 spiro atoms. The van der Waals surface area contributed by atoms with Gasteiger partial charge in [-0.25, -0.2) is 4.79 Å². The van der Waals surface area contributed by atoms with Crippen molar-refractivity contribution in [1.29, 1.82) is 0 Å². The Morgan fingerprint density at radius 1 is 0.441 bits per heavy atom. The van der Waals surface area contributed by atoms with Gasteiger partial charge in [0.05, 0.1) is 34.4 Å². The van der Waals surface area contributed by atoms with Gasteiger partial charge in [0.1, 0.15) is 13.2 Å². The fourth-order valence-electron chi connectivity index (χ4n) is 8.20. The first-order valence-corrected chi connectivity index (χ1v) is 28.7. The van der Waals surface area contributed by atoms with Crippen LogP contribution >= 0.6 is 0 Å². The van der Waals surface area contributed by atoms with Gasteiger partial charge in [-0.3, -0.25) is 9.59 Å². The number of carboxylic acids is 1. The van der Waals surface area contributed by atoms with Crippen molar-refractivity contribution >= 4 is 17.9 Å². The zero-order valence-corrected chi connectivity index (χ0v) is 45.3. The van der Waals surface area contributed by atoms with Crippen LogP contribution in [-0.4, -0.2) is 87.4 Å². The van der Waals surface area contributed by atoms with Gasteiger partial charge in [-0.15, -0.1) is 0 Å². The lowest BCUT2D eigenvalue weighted by atomic mass is 10.0. The number of esters is 2. The average molecular weight is 962 g/mol. The zero-order chi connectivity index (χ0) is 49.9. The van der Waals surface area contributed by atoms with Crippen LogP contribution in [0.3, 0.4) is 0 Å². The minimum atomic E-state index is -1.51. The normalized spacial score (nSPS) is 13.0. The van der Waals surface area contributed by atoms with Crippen molar-refractivity contribution in [2.24, 2.45) is 0 Å². The molecule has 0 bridgehead atoms. The number of likely N-dealkylation sites (N-methyl/N-ethyl adjacent to an activating group) is 1. The molecule has 0 aliphatic rings. The molecule has 0 saturated carbocycles. The lowest BCUT2D eigenvalue weighted by Crippen LogP contribution is -2.40. The molecule has 398 valence electrons. The number of nitrogens with zero attached hydrogens (tertiary/aromatic N) is 1. The molecule has 0 aromatic rings. The van der Waals surface area contributed by atoms with Crippen LogP contribution in [0.5, 0.6) is 0 Å². The fourth-order valence-corrected chi connectivity index (χ4v) is 8.20. The summed E-state index contributed by atoms with van der Waals surface area (Å²) in [6, 6.07) is 0. The second-order valence-electron chi connectivity index (χ2n) is 20.6. The van der Waals surface area contributed by atoms with Crippen LogP contribution in [0.2, 0.25) is 0 Å². The van der Waals surface area contributed by atoms with Crippen molar-refractivity contribution in [2.45, 2.75) is 277 Å². The summed E-state index contributed by atoms with van der Waals surface area (Å²) in [6.45, 7) is 4.89. The van der Waals surface area contributed by atoms with E-state index in [2.05, 4.69) is 50.3 Å². The van der Waals surface area contributed by atoms with E-state index in [1.54, 1.807) is 0 Å². The summed E-state index contributed by atoms with van der Waals surface area (Å²) in [7, 11) is 5.97. The van der Waals surface area contributed by atoms with Crippen molar-refractivity contribution in [3.8, 4) is 0 Å². The van der Waals surface area contributed by atoms with Crippen LogP contribution < -0.4 is 0 Å². The van der Waals surface area contributed by atoms with Crippen molar-refractivity contribution in [2.75, 3.05) is 47.5 Å². The molecular weight excluding hydrogens is 851 g/mol. The van der Waals surface area contributed by atoms with Gasteiger partial charge in [-0.05, 0) is 51.4 Å². The Balaban J connectivity index is 4.10. The van der Waals surface area contributed by atoms with Gasteiger partial charge in [0.2, 0.25) is 0 Å². The van der Waals surface area contributed by atoms with E-state index in [9.17, 15) is 19.5 Å². The fraction of sp³-hybridized carbons (Fsp3) is 0.847. The molecule has 0 heterocycles. The largest absolute Gasteiger partial charge is 0.477 e. The molecule has 0 radical (unpaired) electrons. The standard InChI is InChI=1S/C59H109NO8/c1-6-8-10-12-14-16-18-20-21-22-23-24-25-26-27-28-29-30-31-32-33-34-35-36-37-38-40-42-44-46-48-50-57(62)68-55(54-67-59(58(63)64)65-52-51-60(3,4)5)53-66-56(61)49-47-45-43-41-39-19-17-15-13-11-9-7-2/h18,20,22-23,25-26,55,59H,6-17,19,21,24,27-54H2,1-5H3/p+1/b20-18-,23-22-,26-25-. The molecule has 0 fully saturated rings. The highest BCUT2D eigenvalue weighted by atomic mass is 16.7. The van der Waals surface area contributed by atoms with Crippen LogP contribution in [0.25, 0.3) is 0 Å². The van der Waals surface area contributed by atoms with Crippen LogP contribution in [-0.2, 0) is 33.3 Å². The molecule has 9 nitrogen and oxygen atoms in total. The van der Waals surface area contributed by atoms with Gasteiger partial charge < -0.3 is 28.5 Å². The molecule has 1 N–H and O–H groups in total. The van der Waals surface area contributed by atoms with E-state index >= 15 is 0 Å². The Morgan fingerprint density at radius 3 is 1.18 bits per heavy atom. The number of carbonyl (C=O) groups excluding carboxylic acids is 2. The maximum atomic E-state index is 12.8. The summed E-state index contributed by atoms with van der Waals surface area (Å²) in [5.41, 5.74) is 0. The van der Waals surface area contributed by atoms with Crippen LogP contribution in [0.15, 0.2) is 36.5 Å². The van der Waals surface area contributed by atoms with E-state index in [1.165, 1.54) is 186 Å². The summed E-state index contributed by atoms with van der Waals surface area (Å²) in [5.74, 6) is -1.99. The number of carboxylic acid groups (broad SMARTS) is 1. The average Bonchev–Trinajstić information content (AvgIpc) is 3.30. The predicted octanol–water partition coefficient (Wildman–Crippen LogP) is 16.5.